The lowest BCUT2D eigenvalue weighted by molar-refractivity contribution is -0.118. The average molecular weight is 228 g/mol. The zero-order valence-electron chi connectivity index (χ0n) is 9.20. The SMILES string of the molecule is CC(=O)NCCNc1nc(C(C)C)ns1. The van der Waals surface area contributed by atoms with E-state index >= 15 is 0 Å². The highest BCUT2D eigenvalue weighted by atomic mass is 32.1. The largest absolute Gasteiger partial charge is 0.359 e. The second-order valence-electron chi connectivity index (χ2n) is 3.52. The minimum atomic E-state index is -0.0167. The minimum Gasteiger partial charge on any atom is -0.359 e. The number of nitrogens with one attached hydrogen (secondary N) is 2. The Hall–Kier alpha value is -1.17. The van der Waals surface area contributed by atoms with Crippen LogP contribution in [0.25, 0.3) is 0 Å². The van der Waals surface area contributed by atoms with Crippen LogP contribution in [0, 0.1) is 0 Å². The standard InChI is InChI=1S/C9H16N4OS/c1-6(2)8-12-9(15-13-8)11-5-4-10-7(3)14/h6H,4-5H2,1-3H3,(H,10,14)(H,11,12,13). The van der Waals surface area contributed by atoms with Crippen molar-refractivity contribution in [3.8, 4) is 0 Å². The van der Waals surface area contributed by atoms with Crippen LogP contribution in [0.15, 0.2) is 0 Å². The molecule has 1 aromatic heterocycles. The van der Waals surface area contributed by atoms with E-state index in [0.717, 1.165) is 11.0 Å². The van der Waals surface area contributed by atoms with Gasteiger partial charge in [0.25, 0.3) is 0 Å². The molecule has 0 spiro atoms. The van der Waals surface area contributed by atoms with Gasteiger partial charge in [-0.05, 0) is 0 Å². The molecule has 1 heterocycles. The monoisotopic (exact) mass is 228 g/mol. The Morgan fingerprint density at radius 1 is 1.47 bits per heavy atom. The molecule has 0 aliphatic carbocycles. The van der Waals surface area contributed by atoms with Gasteiger partial charge in [-0.25, -0.2) is 4.98 Å². The fourth-order valence-corrected chi connectivity index (χ4v) is 1.68. The first kappa shape index (κ1) is 11.9. The highest BCUT2D eigenvalue weighted by Gasteiger charge is 2.06. The van der Waals surface area contributed by atoms with Crippen molar-refractivity contribution in [2.45, 2.75) is 26.7 Å². The van der Waals surface area contributed by atoms with Crippen LogP contribution in [-0.2, 0) is 4.79 Å². The van der Waals surface area contributed by atoms with Crippen molar-refractivity contribution in [1.29, 1.82) is 0 Å². The maximum Gasteiger partial charge on any atom is 0.216 e. The van der Waals surface area contributed by atoms with Crippen molar-refractivity contribution >= 4 is 22.6 Å². The number of hydrogen-bond donors (Lipinski definition) is 2. The van der Waals surface area contributed by atoms with E-state index in [1.807, 2.05) is 0 Å². The Morgan fingerprint density at radius 2 is 2.20 bits per heavy atom. The van der Waals surface area contributed by atoms with Crippen LogP contribution in [0.5, 0.6) is 0 Å². The quantitative estimate of drug-likeness (QED) is 0.743. The average Bonchev–Trinajstić information content (AvgIpc) is 2.60. The normalized spacial score (nSPS) is 10.4. The number of anilines is 1. The molecule has 1 rings (SSSR count). The minimum absolute atomic E-state index is 0.0167. The fraction of sp³-hybridized carbons (Fsp3) is 0.667. The molecule has 5 nitrogen and oxygen atoms in total. The third kappa shape index (κ3) is 4.24. The van der Waals surface area contributed by atoms with Crippen molar-refractivity contribution < 1.29 is 4.79 Å². The molecular weight excluding hydrogens is 212 g/mol. The summed E-state index contributed by atoms with van der Waals surface area (Å²) >= 11 is 1.35. The maximum atomic E-state index is 10.6. The highest BCUT2D eigenvalue weighted by Crippen LogP contribution is 2.16. The zero-order chi connectivity index (χ0) is 11.3. The molecule has 0 aliphatic heterocycles. The predicted molar refractivity (Wildman–Crippen MR) is 61.2 cm³/mol. The number of nitrogens with zero attached hydrogens (tertiary/aromatic N) is 2. The summed E-state index contributed by atoms with van der Waals surface area (Å²) in [7, 11) is 0. The van der Waals surface area contributed by atoms with Gasteiger partial charge in [-0.1, -0.05) is 13.8 Å². The lowest BCUT2D eigenvalue weighted by Gasteiger charge is -2.02. The van der Waals surface area contributed by atoms with E-state index in [0.29, 0.717) is 19.0 Å². The molecule has 6 heteroatoms. The van der Waals surface area contributed by atoms with Gasteiger partial charge in [-0.3, -0.25) is 4.79 Å². The van der Waals surface area contributed by atoms with E-state index in [2.05, 4.69) is 33.8 Å². The molecule has 1 amide bonds. The van der Waals surface area contributed by atoms with Crippen LogP contribution in [0.3, 0.4) is 0 Å². The highest BCUT2D eigenvalue weighted by molar-refractivity contribution is 7.09. The molecule has 0 aliphatic rings. The molecule has 0 unspecified atom stereocenters. The first-order chi connectivity index (χ1) is 7.09. The number of rotatable bonds is 5. The molecular formula is C9H16N4OS. The summed E-state index contributed by atoms with van der Waals surface area (Å²) in [6.07, 6.45) is 0. The molecule has 84 valence electrons. The van der Waals surface area contributed by atoms with Crippen molar-refractivity contribution in [3.63, 3.8) is 0 Å². The molecule has 15 heavy (non-hydrogen) atoms. The first-order valence-corrected chi connectivity index (χ1v) is 5.69. The van der Waals surface area contributed by atoms with Gasteiger partial charge in [0.15, 0.2) is 0 Å². The van der Waals surface area contributed by atoms with E-state index in [1.165, 1.54) is 18.5 Å². The molecule has 0 saturated carbocycles. The summed E-state index contributed by atoms with van der Waals surface area (Å²) in [5.74, 6) is 1.20. The molecule has 1 aromatic rings. The third-order valence-electron chi connectivity index (χ3n) is 1.73. The molecule has 2 N–H and O–H groups in total. The van der Waals surface area contributed by atoms with Gasteiger partial charge in [-0.15, -0.1) is 0 Å². The molecule has 0 radical (unpaired) electrons. The van der Waals surface area contributed by atoms with Crippen molar-refractivity contribution in [3.05, 3.63) is 5.82 Å². The number of aromatic nitrogens is 2. The van der Waals surface area contributed by atoms with Crippen molar-refractivity contribution in [2.24, 2.45) is 0 Å². The van der Waals surface area contributed by atoms with Crippen LogP contribution in [0.1, 0.15) is 32.5 Å². The molecule has 0 saturated heterocycles. The van der Waals surface area contributed by atoms with Crippen LogP contribution in [0.4, 0.5) is 5.13 Å². The third-order valence-corrected chi connectivity index (χ3v) is 2.42. The van der Waals surface area contributed by atoms with Gasteiger partial charge < -0.3 is 10.6 Å². The number of carbonyl (C=O) groups excluding carboxylic acids is 1. The van der Waals surface area contributed by atoms with E-state index in [1.54, 1.807) is 0 Å². The lowest BCUT2D eigenvalue weighted by Crippen LogP contribution is -2.26. The second kappa shape index (κ2) is 5.65. The van der Waals surface area contributed by atoms with E-state index in [9.17, 15) is 4.79 Å². The summed E-state index contributed by atoms with van der Waals surface area (Å²) in [6, 6.07) is 0. The number of hydrogen-bond acceptors (Lipinski definition) is 5. The topological polar surface area (TPSA) is 66.9 Å². The molecule has 0 bridgehead atoms. The molecule has 0 fully saturated rings. The molecule has 0 aromatic carbocycles. The smallest absolute Gasteiger partial charge is 0.216 e. The van der Waals surface area contributed by atoms with Crippen LogP contribution < -0.4 is 10.6 Å². The van der Waals surface area contributed by atoms with Gasteiger partial charge in [0.05, 0.1) is 0 Å². The summed E-state index contributed by atoms with van der Waals surface area (Å²) in [4.78, 5) is 14.9. The Morgan fingerprint density at radius 3 is 2.73 bits per heavy atom. The van der Waals surface area contributed by atoms with Gasteiger partial charge >= 0.3 is 0 Å². The zero-order valence-corrected chi connectivity index (χ0v) is 10.0. The van der Waals surface area contributed by atoms with Gasteiger partial charge in [0, 0.05) is 37.5 Å². The van der Waals surface area contributed by atoms with Crippen LogP contribution >= 0.6 is 11.5 Å². The lowest BCUT2D eigenvalue weighted by atomic mass is 10.2. The Balaban J connectivity index is 2.28. The maximum absolute atomic E-state index is 10.6. The Labute approximate surface area is 93.5 Å². The summed E-state index contributed by atoms with van der Waals surface area (Å²) in [5, 5.41) is 6.62. The van der Waals surface area contributed by atoms with Gasteiger partial charge in [0.2, 0.25) is 11.0 Å². The van der Waals surface area contributed by atoms with Gasteiger partial charge in [-0.2, -0.15) is 4.37 Å². The summed E-state index contributed by atoms with van der Waals surface area (Å²) in [6.45, 7) is 6.90. The summed E-state index contributed by atoms with van der Waals surface area (Å²) < 4.78 is 4.21. The van der Waals surface area contributed by atoms with E-state index in [4.69, 9.17) is 0 Å². The number of carbonyl (C=O) groups is 1. The molecule has 0 atom stereocenters. The van der Waals surface area contributed by atoms with Gasteiger partial charge in [0.1, 0.15) is 5.82 Å². The second-order valence-corrected chi connectivity index (χ2v) is 4.27. The fourth-order valence-electron chi connectivity index (χ4n) is 0.949. The number of amides is 1. The van der Waals surface area contributed by atoms with Crippen molar-refractivity contribution in [1.82, 2.24) is 14.7 Å². The van der Waals surface area contributed by atoms with E-state index in [-0.39, 0.29) is 5.91 Å². The van der Waals surface area contributed by atoms with E-state index < -0.39 is 0 Å². The first-order valence-electron chi connectivity index (χ1n) is 4.91. The Bertz CT molecular complexity index is 324. The summed E-state index contributed by atoms with van der Waals surface area (Å²) in [5.41, 5.74) is 0. The predicted octanol–water partition coefficient (Wildman–Crippen LogP) is 1.21. The van der Waals surface area contributed by atoms with Crippen LogP contribution in [-0.4, -0.2) is 28.4 Å². The van der Waals surface area contributed by atoms with Crippen molar-refractivity contribution in [2.75, 3.05) is 18.4 Å². The Kier molecular flexibility index (Phi) is 4.48. The van der Waals surface area contributed by atoms with Crippen LogP contribution in [0.2, 0.25) is 0 Å².